The van der Waals surface area contributed by atoms with Crippen molar-refractivity contribution in [3.63, 3.8) is 0 Å². The van der Waals surface area contributed by atoms with Crippen molar-refractivity contribution in [3.05, 3.63) is 87.2 Å². The minimum absolute atomic E-state index is 0.0252. The Labute approximate surface area is 209 Å². The fourth-order valence-corrected chi connectivity index (χ4v) is 4.50. The number of carbonyl (C=O) groups excluding carboxylic acids is 1. The number of carbonyl (C=O) groups is 2. The largest absolute Gasteiger partial charge is 0.480 e. The molecule has 1 saturated carbocycles. The van der Waals surface area contributed by atoms with E-state index in [0.717, 1.165) is 16.8 Å². The Balaban J connectivity index is 1.60. The third kappa shape index (κ3) is 5.03. The molecule has 0 radical (unpaired) electrons. The van der Waals surface area contributed by atoms with E-state index < -0.39 is 17.4 Å². The van der Waals surface area contributed by atoms with Gasteiger partial charge in [-0.25, -0.2) is 9.18 Å². The molecule has 1 unspecified atom stereocenters. The van der Waals surface area contributed by atoms with Crippen molar-refractivity contribution in [1.82, 2.24) is 5.32 Å². The summed E-state index contributed by atoms with van der Waals surface area (Å²) in [7, 11) is 0. The van der Waals surface area contributed by atoms with Gasteiger partial charge in [0.05, 0.1) is 0 Å². The maximum atomic E-state index is 14.9. The van der Waals surface area contributed by atoms with E-state index in [4.69, 9.17) is 11.6 Å². The number of halogens is 2. The van der Waals surface area contributed by atoms with Crippen molar-refractivity contribution in [1.29, 1.82) is 0 Å². The topological polar surface area (TPSA) is 78.4 Å². The van der Waals surface area contributed by atoms with Gasteiger partial charge in [0.2, 0.25) is 0 Å². The maximum Gasteiger partial charge on any atom is 0.329 e. The Hall–Kier alpha value is -3.38. The molecule has 3 N–H and O–H groups in total. The molecule has 0 saturated heterocycles. The lowest BCUT2D eigenvalue weighted by Gasteiger charge is -2.19. The molecular weight excluding hydrogens is 467 g/mol. The molecule has 0 heterocycles. The molecule has 0 aliphatic heterocycles. The van der Waals surface area contributed by atoms with Crippen LogP contribution in [0.15, 0.2) is 48.5 Å². The van der Waals surface area contributed by atoms with Crippen molar-refractivity contribution in [2.75, 3.05) is 5.32 Å². The number of carboxylic acid groups (broad SMARTS) is 1. The highest BCUT2D eigenvalue weighted by molar-refractivity contribution is 6.31. The SMILES string of the molecule is Cc1cc(C(C)Nc2ccc(F)c(-c3cc(C)c(C(=O)NC4(C(=O)O)CC4)c(C)c3)c2)ccc1Cl. The van der Waals surface area contributed by atoms with Crippen LogP contribution in [0.25, 0.3) is 11.1 Å². The maximum absolute atomic E-state index is 14.9. The van der Waals surface area contributed by atoms with Gasteiger partial charge in [-0.2, -0.15) is 0 Å². The Morgan fingerprint density at radius 2 is 1.66 bits per heavy atom. The Morgan fingerprint density at radius 3 is 2.23 bits per heavy atom. The average molecular weight is 495 g/mol. The van der Waals surface area contributed by atoms with Gasteiger partial charge in [-0.05, 0) is 92.6 Å². The van der Waals surface area contributed by atoms with Crippen LogP contribution in [0.4, 0.5) is 10.1 Å². The number of aryl methyl sites for hydroxylation is 3. The normalized spacial score (nSPS) is 14.8. The van der Waals surface area contributed by atoms with Crippen molar-refractivity contribution >= 4 is 29.2 Å². The predicted octanol–water partition coefficient (Wildman–Crippen LogP) is 6.59. The van der Waals surface area contributed by atoms with Crippen molar-refractivity contribution in [3.8, 4) is 11.1 Å². The summed E-state index contributed by atoms with van der Waals surface area (Å²) in [5.74, 6) is -1.81. The van der Waals surface area contributed by atoms with Crippen LogP contribution in [0.1, 0.15) is 58.4 Å². The average Bonchev–Trinajstić information content (AvgIpc) is 3.57. The lowest BCUT2D eigenvalue weighted by molar-refractivity contribution is -0.140. The summed E-state index contributed by atoms with van der Waals surface area (Å²) in [6.07, 6.45) is 0.840. The standard InChI is InChI=1S/C28H28ClFN2O3/c1-15-11-19(5-7-23(15)29)18(4)31-21-6-8-24(30)22(14-21)20-12-16(2)25(17(3)13-20)26(33)32-28(9-10-28)27(34)35/h5-8,11-14,18,31H,9-10H2,1-4H3,(H,32,33)(H,34,35). The summed E-state index contributed by atoms with van der Waals surface area (Å²) in [4.78, 5) is 24.3. The van der Waals surface area contributed by atoms with Crippen LogP contribution in [-0.4, -0.2) is 22.5 Å². The van der Waals surface area contributed by atoms with Crippen LogP contribution in [0.5, 0.6) is 0 Å². The lowest BCUT2D eigenvalue weighted by Crippen LogP contribution is -2.43. The number of aliphatic carboxylic acids is 1. The second-order valence-corrected chi connectivity index (χ2v) is 9.80. The van der Waals surface area contributed by atoms with Gasteiger partial charge in [0.25, 0.3) is 5.91 Å². The zero-order valence-corrected chi connectivity index (χ0v) is 20.9. The minimum atomic E-state index is -1.17. The smallest absolute Gasteiger partial charge is 0.329 e. The predicted molar refractivity (Wildman–Crippen MR) is 137 cm³/mol. The molecule has 5 nitrogen and oxygen atoms in total. The number of anilines is 1. The van der Waals surface area contributed by atoms with Crippen LogP contribution in [-0.2, 0) is 4.79 Å². The Bertz CT molecular complexity index is 1310. The molecule has 0 bridgehead atoms. The molecule has 1 fully saturated rings. The van der Waals surface area contributed by atoms with E-state index in [2.05, 4.69) is 10.6 Å². The number of benzene rings is 3. The van der Waals surface area contributed by atoms with Gasteiger partial charge in [-0.1, -0.05) is 35.9 Å². The summed E-state index contributed by atoms with van der Waals surface area (Å²) in [5.41, 5.74) is 4.43. The van der Waals surface area contributed by atoms with Crippen molar-refractivity contribution < 1.29 is 19.1 Å². The molecule has 35 heavy (non-hydrogen) atoms. The third-order valence-corrected chi connectivity index (χ3v) is 7.04. The lowest BCUT2D eigenvalue weighted by atomic mass is 9.94. The van der Waals surface area contributed by atoms with Crippen LogP contribution >= 0.6 is 11.6 Å². The van der Waals surface area contributed by atoms with Gasteiger partial charge in [0.1, 0.15) is 11.4 Å². The second kappa shape index (κ2) is 9.34. The molecule has 3 aromatic rings. The van der Waals surface area contributed by atoms with Crippen LogP contribution < -0.4 is 10.6 Å². The number of nitrogens with one attached hydrogen (secondary N) is 2. The molecule has 1 aliphatic carbocycles. The molecule has 7 heteroatoms. The molecule has 182 valence electrons. The first-order chi connectivity index (χ1) is 16.5. The summed E-state index contributed by atoms with van der Waals surface area (Å²) < 4.78 is 14.9. The van der Waals surface area contributed by atoms with E-state index in [-0.39, 0.29) is 11.9 Å². The molecule has 3 aromatic carbocycles. The molecule has 4 rings (SSSR count). The Morgan fingerprint density at radius 1 is 1.00 bits per heavy atom. The zero-order valence-electron chi connectivity index (χ0n) is 20.1. The first-order valence-electron chi connectivity index (χ1n) is 11.5. The van der Waals surface area contributed by atoms with E-state index in [0.29, 0.717) is 45.7 Å². The third-order valence-electron chi connectivity index (χ3n) is 6.61. The van der Waals surface area contributed by atoms with E-state index in [9.17, 15) is 19.1 Å². The van der Waals surface area contributed by atoms with Gasteiger partial charge in [0, 0.05) is 27.9 Å². The monoisotopic (exact) mass is 494 g/mol. The number of amides is 1. The fraction of sp³-hybridized carbons (Fsp3) is 0.286. The van der Waals surface area contributed by atoms with E-state index >= 15 is 0 Å². The van der Waals surface area contributed by atoms with Crippen LogP contribution in [0.3, 0.4) is 0 Å². The number of carboxylic acids is 1. The highest BCUT2D eigenvalue weighted by Crippen LogP contribution is 2.37. The zero-order chi connectivity index (χ0) is 25.5. The first-order valence-corrected chi connectivity index (χ1v) is 11.9. The van der Waals surface area contributed by atoms with Gasteiger partial charge in [-0.15, -0.1) is 0 Å². The highest BCUT2D eigenvalue weighted by atomic mass is 35.5. The van der Waals surface area contributed by atoms with Crippen LogP contribution in [0.2, 0.25) is 5.02 Å². The minimum Gasteiger partial charge on any atom is -0.480 e. The van der Waals surface area contributed by atoms with E-state index in [1.807, 2.05) is 32.0 Å². The van der Waals surface area contributed by atoms with Gasteiger partial charge >= 0.3 is 5.97 Å². The molecular formula is C28H28ClFN2O3. The number of hydrogen-bond acceptors (Lipinski definition) is 3. The summed E-state index contributed by atoms with van der Waals surface area (Å²) >= 11 is 6.14. The summed E-state index contributed by atoms with van der Waals surface area (Å²) in [6.45, 7) is 7.53. The first kappa shape index (κ1) is 24.7. The molecule has 1 amide bonds. The molecule has 0 aromatic heterocycles. The quantitative estimate of drug-likeness (QED) is 0.346. The number of hydrogen-bond donors (Lipinski definition) is 3. The highest BCUT2D eigenvalue weighted by Gasteiger charge is 2.51. The molecule has 0 spiro atoms. The summed E-state index contributed by atoms with van der Waals surface area (Å²) in [6, 6.07) is 14.2. The van der Waals surface area contributed by atoms with Gasteiger partial charge in [-0.3, -0.25) is 4.79 Å². The van der Waals surface area contributed by atoms with E-state index in [1.54, 1.807) is 38.1 Å². The summed E-state index contributed by atoms with van der Waals surface area (Å²) in [5, 5.41) is 16.2. The molecule has 1 aliphatic rings. The van der Waals surface area contributed by atoms with Crippen molar-refractivity contribution in [2.24, 2.45) is 0 Å². The van der Waals surface area contributed by atoms with Gasteiger partial charge < -0.3 is 15.7 Å². The molecule has 1 atom stereocenters. The second-order valence-electron chi connectivity index (χ2n) is 9.40. The van der Waals surface area contributed by atoms with Crippen LogP contribution in [0, 0.1) is 26.6 Å². The number of rotatable bonds is 7. The van der Waals surface area contributed by atoms with E-state index in [1.165, 1.54) is 6.07 Å². The van der Waals surface area contributed by atoms with Gasteiger partial charge in [0.15, 0.2) is 0 Å². The fourth-order valence-electron chi connectivity index (χ4n) is 4.38. The Kier molecular flexibility index (Phi) is 6.60. The van der Waals surface area contributed by atoms with Crippen molar-refractivity contribution in [2.45, 2.75) is 52.1 Å².